The first-order valence-electron chi connectivity index (χ1n) is 36.1. The molecular formula is C64H119N33O13. The minimum Gasteiger partial charge on any atom is -0.508 e. The van der Waals surface area contributed by atoms with E-state index in [1.807, 2.05) is 0 Å². The van der Waals surface area contributed by atoms with Gasteiger partial charge < -0.3 is 153 Å². The van der Waals surface area contributed by atoms with Crippen LogP contribution in [0.25, 0.3) is 0 Å². The fourth-order valence-corrected chi connectivity index (χ4v) is 10.6. The summed E-state index contributed by atoms with van der Waals surface area (Å²) in [5, 5.41) is 96.7. The zero-order valence-corrected chi connectivity index (χ0v) is 62.0. The van der Waals surface area contributed by atoms with Crippen LogP contribution in [0.3, 0.4) is 0 Å². The van der Waals surface area contributed by atoms with Gasteiger partial charge in [0.1, 0.15) is 60.1 Å². The highest BCUT2D eigenvalue weighted by molar-refractivity contribution is 5.99. The molecular weight excluding hydrogens is 1440 g/mol. The van der Waals surface area contributed by atoms with Gasteiger partial charge in [0.15, 0.2) is 35.8 Å². The van der Waals surface area contributed by atoms with E-state index in [2.05, 4.69) is 85.1 Å². The lowest BCUT2D eigenvalue weighted by molar-refractivity contribution is -0.136. The molecule has 12 amide bonds. The third kappa shape index (κ3) is 44.3. The number of unbranched alkanes of at least 4 members (excludes halogenated alkanes) is 2. The number of aromatic hydroxyl groups is 1. The first-order chi connectivity index (χ1) is 52.1. The van der Waals surface area contributed by atoms with E-state index in [9.17, 15) is 62.6 Å². The number of amides is 12. The second-order valence-corrected chi connectivity index (χ2v) is 25.7. The highest BCUT2D eigenvalue weighted by Crippen LogP contribution is 2.14. The first kappa shape index (κ1) is 96.2. The standard InChI is InChI=1S/C64H119N33O13/c65-25-3-1-11-40(91-51(103)39(14-6-28-83-60(72)73)89-48(100)34-88-50(102)37(67)33-35-19-21-36(98)22-20-35)52(104)92-41(12-2-4-26-66)53(105)93-42(15-7-29-84-61(74)75)54(106)94-43(16-8-30-85-62(76)77)55(107)95-44(17-9-31-86-63(78)79)56(108)96-45(18-10-32-87-64(80)81)57(109)97-46(23-24-47(68)99)58(110)90-38(49(69)101)13-5-27-82-59(70)71/h19-22,37-46,98H,1-18,23-34,65-67H2,(H2,68,99)(H2,69,101)(H,88,102)(H,89,100)(H,90,110)(H,91,103)(H,92,104)(H,93,105)(H,94,106)(H,95,107)(H,96,108)(H,97,109)(H4,70,71,82)(H4,72,73,83)(H4,74,75,84)(H4,76,77,85)(H4,78,79,86)(H4,80,81,87)/t37-,38-,39-,40-,41-,42-,43-,44-,45-,46-/m0/s1. The van der Waals surface area contributed by atoms with Gasteiger partial charge in [0.05, 0.1) is 12.6 Å². The van der Waals surface area contributed by atoms with Gasteiger partial charge in [0.2, 0.25) is 70.9 Å². The lowest BCUT2D eigenvalue weighted by Crippen LogP contribution is -2.60. The van der Waals surface area contributed by atoms with Crippen LogP contribution in [0.1, 0.15) is 134 Å². The number of phenols is 1. The van der Waals surface area contributed by atoms with E-state index >= 15 is 0 Å². The second kappa shape index (κ2) is 54.7. The van der Waals surface area contributed by atoms with Gasteiger partial charge in [0, 0.05) is 45.7 Å². The Morgan fingerprint density at radius 2 is 0.564 bits per heavy atom. The van der Waals surface area contributed by atoms with Crippen LogP contribution < -0.4 is 148 Å². The number of carbonyl (C=O) groups excluding carboxylic acids is 12. The minimum atomic E-state index is -1.59. The van der Waals surface area contributed by atoms with Gasteiger partial charge in [-0.3, -0.25) is 90.0 Å². The summed E-state index contributed by atoms with van der Waals surface area (Å²) in [5.41, 5.74) is 62.4. The molecule has 1 aromatic rings. The molecule has 46 heteroatoms. The van der Waals surface area contributed by atoms with Crippen LogP contribution in [0, 0.1) is 32.5 Å². The molecule has 0 aliphatic carbocycles. The van der Waals surface area contributed by atoms with Gasteiger partial charge in [-0.05, 0) is 159 Å². The Morgan fingerprint density at radius 1 is 0.318 bits per heavy atom. The summed E-state index contributed by atoms with van der Waals surface area (Å²) >= 11 is 0. The molecule has 0 aliphatic heterocycles. The van der Waals surface area contributed by atoms with E-state index in [1.54, 1.807) is 12.1 Å². The maximum absolute atomic E-state index is 14.9. The van der Waals surface area contributed by atoms with E-state index < -0.39 is 175 Å². The van der Waals surface area contributed by atoms with Crippen LogP contribution in [0.4, 0.5) is 0 Å². The number of phenolic OH excluding ortho intramolecular Hbond substituents is 1. The fraction of sp³-hybridized carbons (Fsp3) is 0.625. The lowest BCUT2D eigenvalue weighted by atomic mass is 10.0. The lowest BCUT2D eigenvalue weighted by Gasteiger charge is -2.28. The number of hydrogen-bond acceptors (Lipinski definition) is 22. The molecule has 46 nitrogen and oxygen atoms in total. The van der Waals surface area contributed by atoms with Crippen molar-refractivity contribution >= 4 is 107 Å². The molecule has 110 heavy (non-hydrogen) atoms. The van der Waals surface area contributed by atoms with Crippen LogP contribution in [-0.2, 0) is 64.0 Å². The van der Waals surface area contributed by atoms with Crippen molar-refractivity contribution in [2.24, 2.45) is 63.1 Å². The van der Waals surface area contributed by atoms with Crippen LogP contribution in [0.5, 0.6) is 5.75 Å². The maximum atomic E-state index is 14.9. The predicted octanol–water partition coefficient (Wildman–Crippen LogP) is -10.7. The molecule has 0 aromatic heterocycles. The molecule has 1 aromatic carbocycles. The molecule has 0 radical (unpaired) electrons. The van der Waals surface area contributed by atoms with Crippen molar-refractivity contribution in [1.82, 2.24) is 85.1 Å². The summed E-state index contributed by atoms with van der Waals surface area (Å²) in [6, 6.07) is -8.58. The predicted molar refractivity (Wildman–Crippen MR) is 409 cm³/mol. The summed E-state index contributed by atoms with van der Waals surface area (Å²) < 4.78 is 0. The fourth-order valence-electron chi connectivity index (χ4n) is 10.6. The smallest absolute Gasteiger partial charge is 0.243 e. The van der Waals surface area contributed by atoms with Gasteiger partial charge in [-0.25, -0.2) is 0 Å². The molecule has 45 N–H and O–H groups in total. The van der Waals surface area contributed by atoms with E-state index in [-0.39, 0.29) is 179 Å². The number of carbonyl (C=O) groups is 12. The molecule has 618 valence electrons. The van der Waals surface area contributed by atoms with Gasteiger partial charge >= 0.3 is 0 Å². The van der Waals surface area contributed by atoms with Crippen molar-refractivity contribution in [2.45, 2.75) is 195 Å². The molecule has 0 spiro atoms. The quantitative estimate of drug-likeness (QED) is 0.0164. The molecule has 0 heterocycles. The molecule has 10 atom stereocenters. The van der Waals surface area contributed by atoms with Crippen LogP contribution in [0.15, 0.2) is 24.3 Å². The summed E-state index contributed by atoms with van der Waals surface area (Å²) in [4.78, 5) is 167. The van der Waals surface area contributed by atoms with Gasteiger partial charge in [0.25, 0.3) is 0 Å². The van der Waals surface area contributed by atoms with Crippen molar-refractivity contribution in [2.75, 3.05) is 58.9 Å². The summed E-state index contributed by atoms with van der Waals surface area (Å²) in [6.07, 6.45) is -0.433. The number of primary amides is 2. The average molecular weight is 1560 g/mol. The Balaban J connectivity index is 3.90. The van der Waals surface area contributed by atoms with Crippen LogP contribution in [-0.4, -0.2) is 231 Å². The molecule has 0 unspecified atom stereocenters. The summed E-state index contributed by atoms with van der Waals surface area (Å²) in [6.45, 7) is -0.189. The van der Waals surface area contributed by atoms with Crippen molar-refractivity contribution < 1.29 is 62.6 Å². The van der Waals surface area contributed by atoms with Crippen molar-refractivity contribution in [3.63, 3.8) is 0 Å². The molecule has 0 bridgehead atoms. The summed E-state index contributed by atoms with van der Waals surface area (Å²) in [5.74, 6) is -13.6. The third-order valence-corrected chi connectivity index (χ3v) is 16.4. The van der Waals surface area contributed by atoms with E-state index in [1.165, 1.54) is 12.1 Å². The van der Waals surface area contributed by atoms with Crippen molar-refractivity contribution in [1.29, 1.82) is 32.5 Å². The Labute approximate surface area is 637 Å². The third-order valence-electron chi connectivity index (χ3n) is 16.4. The van der Waals surface area contributed by atoms with Crippen LogP contribution in [0.2, 0.25) is 0 Å². The van der Waals surface area contributed by atoms with Gasteiger partial charge in [-0.1, -0.05) is 12.1 Å². The Kier molecular flexibility index (Phi) is 47.8. The highest BCUT2D eigenvalue weighted by Gasteiger charge is 2.36. The second-order valence-electron chi connectivity index (χ2n) is 25.7. The maximum Gasteiger partial charge on any atom is 0.243 e. The molecule has 0 aliphatic rings. The largest absolute Gasteiger partial charge is 0.508 e. The minimum absolute atomic E-state index is 0.00233. The number of guanidine groups is 6. The molecule has 0 fully saturated rings. The van der Waals surface area contributed by atoms with Gasteiger partial charge in [-0.2, -0.15) is 0 Å². The summed E-state index contributed by atoms with van der Waals surface area (Å²) in [7, 11) is 0. The van der Waals surface area contributed by atoms with E-state index in [0.717, 1.165) is 0 Å². The Bertz CT molecular complexity index is 3200. The van der Waals surface area contributed by atoms with Crippen LogP contribution >= 0.6 is 0 Å². The molecule has 0 saturated heterocycles. The number of nitrogens with two attached hydrogens (primary N) is 11. The van der Waals surface area contributed by atoms with Crippen molar-refractivity contribution in [3.05, 3.63) is 29.8 Å². The highest BCUT2D eigenvalue weighted by atomic mass is 16.3. The zero-order valence-electron chi connectivity index (χ0n) is 62.0. The monoisotopic (exact) mass is 1560 g/mol. The number of benzene rings is 1. The SMILES string of the molecule is N=C(N)NCCC[C@H](NC(=O)[C@H](CCC(N)=O)NC(=O)[C@H](CCCNC(=N)N)NC(=O)[C@H](CCCNC(=N)N)NC(=O)[C@H](CCCNC(=N)N)NC(=O)[C@H](CCCNC(=N)N)NC(=O)[C@H](CCCCN)NC(=O)[C@H](CCCCN)NC(=O)[C@H](CCCNC(=N)N)NC(=O)CNC(=O)[C@@H](N)Cc1ccc(O)cc1)C(N)=O. The number of hydrogen-bond donors (Lipinski definition) is 34. The van der Waals surface area contributed by atoms with Gasteiger partial charge in [-0.15, -0.1) is 0 Å². The Hall–Kier alpha value is -11.8. The topological polar surface area (TPSA) is 847 Å². The number of rotatable bonds is 58. The van der Waals surface area contributed by atoms with E-state index in [0.29, 0.717) is 18.4 Å². The number of nitrogens with one attached hydrogen (secondary N) is 22. The first-order valence-corrected chi connectivity index (χ1v) is 36.1. The molecule has 1 rings (SSSR count). The average Bonchev–Trinajstić information content (AvgIpc) is 0.849. The molecule has 0 saturated carbocycles. The normalized spacial score (nSPS) is 13.5. The van der Waals surface area contributed by atoms with E-state index in [4.69, 9.17) is 95.5 Å². The Morgan fingerprint density at radius 3 is 0.818 bits per heavy atom. The van der Waals surface area contributed by atoms with Crippen molar-refractivity contribution in [3.8, 4) is 5.75 Å². The zero-order chi connectivity index (χ0) is 82.7.